The topological polar surface area (TPSA) is 77.2 Å². The average Bonchev–Trinajstić information content (AvgIpc) is 2.61. The number of hydrogen-bond acceptors (Lipinski definition) is 4. The lowest BCUT2D eigenvalue weighted by molar-refractivity contribution is 0.1000. The molecule has 0 unspecified atom stereocenters. The Kier molecular flexibility index (Phi) is 4.95. The molecule has 0 spiro atoms. The quantitative estimate of drug-likeness (QED) is 0.721. The van der Waals surface area contributed by atoms with Crippen molar-refractivity contribution in [2.24, 2.45) is 5.73 Å². The second kappa shape index (κ2) is 7.32. The molecule has 25 heavy (non-hydrogen) atoms. The van der Waals surface area contributed by atoms with Gasteiger partial charge in [0.05, 0.1) is 5.56 Å². The van der Waals surface area contributed by atoms with Gasteiger partial charge in [-0.2, -0.15) is 0 Å². The summed E-state index contributed by atoms with van der Waals surface area (Å²) in [6, 6.07) is 15.8. The molecule has 0 aliphatic carbocycles. The van der Waals surface area contributed by atoms with Gasteiger partial charge in [0, 0.05) is 30.2 Å². The predicted molar refractivity (Wildman–Crippen MR) is 98.8 cm³/mol. The highest BCUT2D eigenvalue weighted by atomic mass is 16.5. The molecule has 0 saturated heterocycles. The van der Waals surface area contributed by atoms with Crippen LogP contribution in [0.1, 0.15) is 29.8 Å². The molecular weight excluding hydrogens is 314 g/mol. The van der Waals surface area contributed by atoms with Crippen molar-refractivity contribution in [1.29, 1.82) is 0 Å². The summed E-state index contributed by atoms with van der Waals surface area (Å²) in [5.74, 6) is 0.637. The van der Waals surface area contributed by atoms with Gasteiger partial charge in [-0.3, -0.25) is 4.79 Å². The first-order valence-electron chi connectivity index (χ1n) is 8.22. The Morgan fingerprint density at radius 3 is 2.52 bits per heavy atom. The van der Waals surface area contributed by atoms with Gasteiger partial charge in [0.15, 0.2) is 0 Å². The number of amides is 1. The van der Waals surface area contributed by atoms with Gasteiger partial charge < -0.3 is 15.8 Å². The Morgan fingerprint density at radius 1 is 1.12 bits per heavy atom. The van der Waals surface area contributed by atoms with Crippen LogP contribution in [0.5, 0.6) is 11.6 Å². The van der Waals surface area contributed by atoms with Crippen LogP contribution in [-0.4, -0.2) is 16.9 Å². The molecule has 3 aromatic rings. The molecule has 0 fully saturated rings. The van der Waals surface area contributed by atoms with E-state index in [0.717, 1.165) is 23.1 Å². The number of hydrogen-bond donors (Lipinski definition) is 2. The minimum atomic E-state index is -0.508. The number of fused-ring (bicyclic) bond motifs is 1. The zero-order valence-electron chi connectivity index (χ0n) is 14.3. The normalized spacial score (nSPS) is 11.0. The molecule has 0 aliphatic heterocycles. The van der Waals surface area contributed by atoms with Crippen LogP contribution in [0.15, 0.2) is 54.7 Å². The number of nitrogens with one attached hydrogen (secondary N) is 1. The molecule has 1 amide bonds. The highest BCUT2D eigenvalue weighted by Gasteiger charge is 2.09. The summed E-state index contributed by atoms with van der Waals surface area (Å²) < 4.78 is 5.92. The number of benzene rings is 2. The van der Waals surface area contributed by atoms with E-state index in [4.69, 9.17) is 10.5 Å². The molecule has 3 rings (SSSR count). The summed E-state index contributed by atoms with van der Waals surface area (Å²) in [7, 11) is 0. The van der Waals surface area contributed by atoms with Gasteiger partial charge in [0.25, 0.3) is 0 Å². The molecule has 2 aromatic carbocycles. The van der Waals surface area contributed by atoms with Crippen LogP contribution in [0.25, 0.3) is 10.8 Å². The van der Waals surface area contributed by atoms with Crippen LogP contribution in [0.2, 0.25) is 0 Å². The largest absolute Gasteiger partial charge is 0.438 e. The third-order valence-electron chi connectivity index (χ3n) is 3.91. The fourth-order valence-electron chi connectivity index (χ4n) is 2.59. The number of ether oxygens (including phenoxy) is 1. The van der Waals surface area contributed by atoms with Gasteiger partial charge in [-0.25, -0.2) is 4.98 Å². The second-order valence-electron chi connectivity index (χ2n) is 6.16. The number of nitrogens with two attached hydrogens (primary N) is 1. The summed E-state index contributed by atoms with van der Waals surface area (Å²) >= 11 is 0. The molecule has 3 N–H and O–H groups in total. The van der Waals surface area contributed by atoms with Crippen molar-refractivity contribution in [3.63, 3.8) is 0 Å². The van der Waals surface area contributed by atoms with E-state index in [1.807, 2.05) is 24.3 Å². The minimum Gasteiger partial charge on any atom is -0.438 e. The average molecular weight is 335 g/mol. The number of nitrogens with zero attached hydrogens (tertiary/aromatic N) is 1. The van der Waals surface area contributed by atoms with Crippen molar-refractivity contribution in [3.8, 4) is 11.6 Å². The Labute approximate surface area is 146 Å². The zero-order chi connectivity index (χ0) is 17.8. The Balaban J connectivity index is 1.91. The number of rotatable bonds is 6. The number of carbonyl (C=O) groups is 1. The van der Waals surface area contributed by atoms with E-state index in [0.29, 0.717) is 17.5 Å². The van der Waals surface area contributed by atoms with Crippen molar-refractivity contribution in [2.75, 3.05) is 0 Å². The van der Waals surface area contributed by atoms with Crippen LogP contribution in [0, 0.1) is 0 Å². The third kappa shape index (κ3) is 3.95. The summed E-state index contributed by atoms with van der Waals surface area (Å²) in [6.45, 7) is 5.05. The maximum Gasteiger partial charge on any atom is 0.250 e. The lowest BCUT2D eigenvalue weighted by atomic mass is 10.0. The lowest BCUT2D eigenvalue weighted by Gasteiger charge is -2.14. The number of pyridine rings is 1. The Bertz CT molecular complexity index is 889. The van der Waals surface area contributed by atoms with Crippen molar-refractivity contribution in [1.82, 2.24) is 10.3 Å². The van der Waals surface area contributed by atoms with Crippen molar-refractivity contribution < 1.29 is 9.53 Å². The van der Waals surface area contributed by atoms with E-state index < -0.39 is 5.91 Å². The highest BCUT2D eigenvalue weighted by Crippen LogP contribution is 2.31. The lowest BCUT2D eigenvalue weighted by Crippen LogP contribution is -2.21. The summed E-state index contributed by atoms with van der Waals surface area (Å²) in [5, 5.41) is 5.60. The first-order chi connectivity index (χ1) is 12.0. The van der Waals surface area contributed by atoms with Gasteiger partial charge in [-0.05, 0) is 23.1 Å². The Hall–Kier alpha value is -2.92. The highest BCUT2D eigenvalue weighted by molar-refractivity contribution is 5.92. The van der Waals surface area contributed by atoms with Gasteiger partial charge in [-0.1, -0.05) is 44.2 Å². The summed E-state index contributed by atoms with van der Waals surface area (Å²) in [4.78, 5) is 15.3. The molecule has 5 nitrogen and oxygen atoms in total. The van der Waals surface area contributed by atoms with E-state index in [1.54, 1.807) is 12.1 Å². The number of carbonyl (C=O) groups excluding carboxylic acids is 1. The molecule has 128 valence electrons. The smallest absolute Gasteiger partial charge is 0.250 e. The van der Waals surface area contributed by atoms with Gasteiger partial charge >= 0.3 is 0 Å². The number of aromatic nitrogens is 1. The van der Waals surface area contributed by atoms with Crippen molar-refractivity contribution in [3.05, 3.63) is 65.9 Å². The molecule has 0 atom stereocenters. The van der Waals surface area contributed by atoms with Crippen LogP contribution in [0.3, 0.4) is 0 Å². The zero-order valence-corrected chi connectivity index (χ0v) is 14.3. The molecule has 0 radical (unpaired) electrons. The maximum absolute atomic E-state index is 11.1. The molecule has 1 aromatic heterocycles. The molecule has 1 heterocycles. The minimum absolute atomic E-state index is 0.354. The van der Waals surface area contributed by atoms with Gasteiger partial charge in [0.1, 0.15) is 5.75 Å². The van der Waals surface area contributed by atoms with E-state index in [9.17, 15) is 4.79 Å². The summed E-state index contributed by atoms with van der Waals surface area (Å²) in [5.41, 5.74) is 6.80. The SMILES string of the molecule is CC(C)NCc1ccc(Oc2ccc(C(N)=O)cn2)c2ccccc12. The maximum atomic E-state index is 11.1. The van der Waals surface area contributed by atoms with E-state index in [2.05, 4.69) is 36.3 Å². The first-order valence-corrected chi connectivity index (χ1v) is 8.22. The molecular formula is C20H21N3O2. The van der Waals surface area contributed by atoms with Crippen molar-refractivity contribution in [2.45, 2.75) is 26.4 Å². The van der Waals surface area contributed by atoms with E-state index in [1.165, 1.54) is 11.8 Å². The fraction of sp³-hybridized carbons (Fsp3) is 0.200. The monoisotopic (exact) mass is 335 g/mol. The van der Waals surface area contributed by atoms with E-state index in [-0.39, 0.29) is 0 Å². The van der Waals surface area contributed by atoms with Gasteiger partial charge in [-0.15, -0.1) is 0 Å². The molecule has 0 bridgehead atoms. The van der Waals surface area contributed by atoms with Crippen molar-refractivity contribution >= 4 is 16.7 Å². The van der Waals surface area contributed by atoms with Crippen LogP contribution in [-0.2, 0) is 6.54 Å². The van der Waals surface area contributed by atoms with E-state index >= 15 is 0 Å². The first kappa shape index (κ1) is 16.9. The summed E-state index contributed by atoms with van der Waals surface area (Å²) in [6.07, 6.45) is 1.42. The Morgan fingerprint density at radius 2 is 1.88 bits per heavy atom. The van der Waals surface area contributed by atoms with Gasteiger partial charge in [0.2, 0.25) is 11.8 Å². The fourth-order valence-corrected chi connectivity index (χ4v) is 2.59. The second-order valence-corrected chi connectivity index (χ2v) is 6.16. The van der Waals surface area contributed by atoms with Crippen LogP contribution in [0.4, 0.5) is 0 Å². The molecule has 0 aliphatic rings. The van der Waals surface area contributed by atoms with Crippen LogP contribution >= 0.6 is 0 Å². The molecule has 0 saturated carbocycles. The third-order valence-corrected chi connectivity index (χ3v) is 3.91. The molecule has 5 heteroatoms. The number of primary amides is 1. The van der Waals surface area contributed by atoms with Crippen LogP contribution < -0.4 is 15.8 Å². The predicted octanol–water partition coefficient (Wildman–Crippen LogP) is 3.62. The standard InChI is InChI=1S/C20H21N3O2/c1-13(2)22-11-14-7-9-18(17-6-4-3-5-16(14)17)25-19-10-8-15(12-23-19)20(21)24/h3-10,12-13,22H,11H2,1-2H3,(H2,21,24).